The summed E-state index contributed by atoms with van der Waals surface area (Å²) < 4.78 is 0. The van der Waals surface area contributed by atoms with Gasteiger partial charge in [0.1, 0.15) is 5.82 Å². The van der Waals surface area contributed by atoms with Gasteiger partial charge in [-0.3, -0.25) is 4.98 Å². The summed E-state index contributed by atoms with van der Waals surface area (Å²) in [5, 5.41) is 15.8. The monoisotopic (exact) mass is 349 g/mol. The van der Waals surface area contributed by atoms with E-state index in [0.29, 0.717) is 11.8 Å². The van der Waals surface area contributed by atoms with Crippen LogP contribution >= 0.6 is 0 Å². The third-order valence-electron chi connectivity index (χ3n) is 4.01. The molecular weight excluding hydrogens is 326 g/mol. The van der Waals surface area contributed by atoms with Gasteiger partial charge in [0.25, 0.3) is 0 Å². The van der Waals surface area contributed by atoms with E-state index in [1.54, 1.807) is 12.4 Å². The Bertz CT molecular complexity index is 883. The van der Waals surface area contributed by atoms with Crippen LogP contribution in [0.1, 0.15) is 18.1 Å². The fraction of sp³-hybridized carbons (Fsp3) is 0.250. The molecule has 26 heavy (non-hydrogen) atoms. The van der Waals surface area contributed by atoms with E-state index >= 15 is 0 Å². The first kappa shape index (κ1) is 17.8. The summed E-state index contributed by atoms with van der Waals surface area (Å²) in [6.07, 6.45) is 3.47. The maximum absolute atomic E-state index is 9.31. The van der Waals surface area contributed by atoms with Crippen molar-refractivity contribution >= 4 is 17.5 Å². The lowest BCUT2D eigenvalue weighted by Gasteiger charge is -2.15. The van der Waals surface area contributed by atoms with Crippen LogP contribution < -0.4 is 10.6 Å². The zero-order chi connectivity index (χ0) is 18.5. The van der Waals surface area contributed by atoms with Crippen LogP contribution in [0.15, 0.2) is 48.8 Å². The molecule has 3 aromatic rings. The molecule has 0 fully saturated rings. The molecular formula is C20H23N5O. The molecule has 3 rings (SSSR count). The molecule has 0 aliphatic rings. The van der Waals surface area contributed by atoms with Crippen LogP contribution in [0, 0.1) is 13.8 Å². The van der Waals surface area contributed by atoms with Gasteiger partial charge in [-0.05, 0) is 50.1 Å². The number of hydrogen-bond donors (Lipinski definition) is 3. The van der Waals surface area contributed by atoms with Crippen molar-refractivity contribution in [1.29, 1.82) is 0 Å². The number of aromatic nitrogens is 3. The predicted molar refractivity (Wildman–Crippen MR) is 105 cm³/mol. The number of anilines is 3. The third kappa shape index (κ3) is 4.34. The van der Waals surface area contributed by atoms with Gasteiger partial charge in [-0.2, -0.15) is 4.98 Å². The van der Waals surface area contributed by atoms with Crippen LogP contribution in [0.25, 0.3) is 11.3 Å². The SMILES string of the molecule is Cc1ccc(C)c(Nc2cc(-c3ccncc3)nc(N[C@@H](C)CO)n2)c1. The van der Waals surface area contributed by atoms with Crippen LogP contribution in [0.2, 0.25) is 0 Å². The normalized spacial score (nSPS) is 11.8. The van der Waals surface area contributed by atoms with Crippen molar-refractivity contribution in [2.45, 2.75) is 26.8 Å². The zero-order valence-electron chi connectivity index (χ0n) is 15.2. The molecule has 0 radical (unpaired) electrons. The summed E-state index contributed by atoms with van der Waals surface area (Å²) in [5.74, 6) is 1.15. The highest BCUT2D eigenvalue weighted by Crippen LogP contribution is 2.25. The van der Waals surface area contributed by atoms with E-state index in [9.17, 15) is 5.11 Å². The van der Waals surface area contributed by atoms with Crippen molar-refractivity contribution in [3.63, 3.8) is 0 Å². The van der Waals surface area contributed by atoms with Crippen molar-refractivity contribution in [3.8, 4) is 11.3 Å². The first-order valence-corrected chi connectivity index (χ1v) is 8.56. The minimum Gasteiger partial charge on any atom is -0.394 e. The number of benzene rings is 1. The number of aliphatic hydroxyl groups is 1. The van der Waals surface area contributed by atoms with Gasteiger partial charge in [0.15, 0.2) is 0 Å². The molecule has 2 heterocycles. The molecule has 2 aromatic heterocycles. The molecule has 0 unspecified atom stereocenters. The smallest absolute Gasteiger partial charge is 0.225 e. The van der Waals surface area contributed by atoms with E-state index in [4.69, 9.17) is 0 Å². The number of nitrogens with one attached hydrogen (secondary N) is 2. The minimum absolute atomic E-state index is 0.00257. The second kappa shape index (κ2) is 7.93. The van der Waals surface area contributed by atoms with Crippen molar-refractivity contribution in [2.24, 2.45) is 0 Å². The third-order valence-corrected chi connectivity index (χ3v) is 4.01. The van der Waals surface area contributed by atoms with Crippen LogP contribution in [0.4, 0.5) is 17.5 Å². The first-order chi connectivity index (χ1) is 12.5. The van der Waals surface area contributed by atoms with Crippen LogP contribution in [0.3, 0.4) is 0 Å². The standard InChI is InChI=1S/C20H23N5O/c1-13-4-5-14(2)17(10-13)23-19-11-18(16-6-8-21-9-7-16)24-20(25-19)22-15(3)12-26/h4-11,15,26H,12H2,1-3H3,(H2,22,23,24,25)/t15-/m0/s1. The predicted octanol–water partition coefficient (Wildman–Crippen LogP) is 3.69. The van der Waals surface area contributed by atoms with Crippen LogP contribution in [-0.4, -0.2) is 32.7 Å². The van der Waals surface area contributed by atoms with E-state index in [2.05, 4.69) is 57.6 Å². The maximum Gasteiger partial charge on any atom is 0.225 e. The second-order valence-electron chi connectivity index (χ2n) is 6.37. The Kier molecular flexibility index (Phi) is 5.43. The lowest BCUT2D eigenvalue weighted by molar-refractivity contribution is 0.281. The van der Waals surface area contributed by atoms with Gasteiger partial charge in [-0.15, -0.1) is 0 Å². The highest BCUT2D eigenvalue weighted by molar-refractivity contribution is 5.68. The summed E-state index contributed by atoms with van der Waals surface area (Å²) in [6.45, 7) is 5.99. The summed E-state index contributed by atoms with van der Waals surface area (Å²) in [5.41, 5.74) is 5.05. The van der Waals surface area contributed by atoms with Gasteiger partial charge in [0.05, 0.1) is 12.3 Å². The molecule has 6 nitrogen and oxygen atoms in total. The summed E-state index contributed by atoms with van der Waals surface area (Å²) in [7, 11) is 0. The van der Waals surface area contributed by atoms with Gasteiger partial charge in [-0.25, -0.2) is 4.98 Å². The van der Waals surface area contributed by atoms with E-state index in [1.165, 1.54) is 5.56 Å². The first-order valence-electron chi connectivity index (χ1n) is 8.56. The Morgan fingerprint density at radius 3 is 2.54 bits per heavy atom. The molecule has 0 aliphatic heterocycles. The Labute approximate surface area is 153 Å². The molecule has 1 aromatic carbocycles. The van der Waals surface area contributed by atoms with Gasteiger partial charge in [0, 0.05) is 35.8 Å². The Balaban J connectivity index is 2.00. The number of aliphatic hydroxyl groups excluding tert-OH is 1. The number of aryl methyl sites for hydroxylation is 2. The number of rotatable bonds is 6. The molecule has 0 aliphatic carbocycles. The Morgan fingerprint density at radius 1 is 1.04 bits per heavy atom. The van der Waals surface area contributed by atoms with Crippen molar-refractivity contribution < 1.29 is 5.11 Å². The summed E-state index contributed by atoms with van der Waals surface area (Å²) in [6, 6.07) is 11.8. The molecule has 0 bridgehead atoms. The molecule has 1 atom stereocenters. The van der Waals surface area contributed by atoms with Crippen LogP contribution in [0.5, 0.6) is 0 Å². The van der Waals surface area contributed by atoms with Crippen molar-refractivity contribution in [1.82, 2.24) is 15.0 Å². The number of hydrogen-bond acceptors (Lipinski definition) is 6. The molecule has 0 spiro atoms. The molecule has 0 saturated heterocycles. The van der Waals surface area contributed by atoms with E-state index in [0.717, 1.165) is 22.5 Å². The Morgan fingerprint density at radius 2 is 1.81 bits per heavy atom. The molecule has 3 N–H and O–H groups in total. The number of nitrogens with zero attached hydrogens (tertiary/aromatic N) is 3. The van der Waals surface area contributed by atoms with Crippen molar-refractivity contribution in [2.75, 3.05) is 17.2 Å². The molecule has 6 heteroatoms. The Hall–Kier alpha value is -2.99. The highest BCUT2D eigenvalue weighted by Gasteiger charge is 2.10. The van der Waals surface area contributed by atoms with Gasteiger partial charge in [0.2, 0.25) is 5.95 Å². The van der Waals surface area contributed by atoms with Gasteiger partial charge >= 0.3 is 0 Å². The second-order valence-corrected chi connectivity index (χ2v) is 6.37. The number of pyridine rings is 1. The zero-order valence-corrected chi connectivity index (χ0v) is 15.2. The van der Waals surface area contributed by atoms with Crippen molar-refractivity contribution in [3.05, 3.63) is 59.9 Å². The highest BCUT2D eigenvalue weighted by atomic mass is 16.3. The molecule has 134 valence electrons. The van der Waals surface area contributed by atoms with Gasteiger partial charge < -0.3 is 15.7 Å². The summed E-state index contributed by atoms with van der Waals surface area (Å²) in [4.78, 5) is 13.2. The fourth-order valence-corrected chi connectivity index (χ4v) is 2.52. The fourth-order valence-electron chi connectivity index (χ4n) is 2.52. The van der Waals surface area contributed by atoms with E-state index in [-0.39, 0.29) is 12.6 Å². The maximum atomic E-state index is 9.31. The topological polar surface area (TPSA) is 83.0 Å². The molecule has 0 saturated carbocycles. The largest absolute Gasteiger partial charge is 0.394 e. The molecule has 0 amide bonds. The average Bonchev–Trinajstić information content (AvgIpc) is 2.65. The van der Waals surface area contributed by atoms with Gasteiger partial charge in [-0.1, -0.05) is 12.1 Å². The average molecular weight is 349 g/mol. The lowest BCUT2D eigenvalue weighted by atomic mass is 10.1. The lowest BCUT2D eigenvalue weighted by Crippen LogP contribution is -2.21. The minimum atomic E-state index is -0.142. The van der Waals surface area contributed by atoms with E-state index in [1.807, 2.05) is 25.1 Å². The summed E-state index contributed by atoms with van der Waals surface area (Å²) >= 11 is 0. The van der Waals surface area contributed by atoms with E-state index < -0.39 is 0 Å². The van der Waals surface area contributed by atoms with Crippen LogP contribution in [-0.2, 0) is 0 Å². The quantitative estimate of drug-likeness (QED) is 0.629.